The van der Waals surface area contributed by atoms with Gasteiger partial charge in [0.2, 0.25) is 0 Å². The van der Waals surface area contributed by atoms with E-state index in [-0.39, 0.29) is 11.2 Å². The zero-order valence-corrected chi connectivity index (χ0v) is 17.7. The highest BCUT2D eigenvalue weighted by Crippen LogP contribution is 2.39. The molecule has 0 N–H and O–H groups in total. The molecule has 28 heavy (non-hydrogen) atoms. The first-order valence-corrected chi connectivity index (χ1v) is 9.52. The van der Waals surface area contributed by atoms with Gasteiger partial charge < -0.3 is 14.2 Å². The van der Waals surface area contributed by atoms with E-state index in [0.29, 0.717) is 17.9 Å². The van der Waals surface area contributed by atoms with Crippen LogP contribution in [0.25, 0.3) is 6.08 Å². The van der Waals surface area contributed by atoms with Crippen molar-refractivity contribution >= 4 is 11.9 Å². The number of rotatable bonds is 8. The van der Waals surface area contributed by atoms with E-state index in [4.69, 9.17) is 14.2 Å². The van der Waals surface area contributed by atoms with E-state index in [0.717, 1.165) is 29.0 Å². The third kappa shape index (κ3) is 5.38. The minimum Gasteiger partial charge on any atom is -0.494 e. The molecule has 0 bridgehead atoms. The van der Waals surface area contributed by atoms with Crippen molar-refractivity contribution in [3.8, 4) is 17.2 Å². The van der Waals surface area contributed by atoms with Crippen LogP contribution < -0.4 is 14.2 Å². The average Bonchev–Trinajstić information content (AvgIpc) is 2.69. The van der Waals surface area contributed by atoms with Gasteiger partial charge in [0, 0.05) is 11.1 Å². The maximum Gasteiger partial charge on any atom is 0.185 e. The van der Waals surface area contributed by atoms with Gasteiger partial charge in [0.15, 0.2) is 17.3 Å². The standard InChI is InChI=1S/C24H30O4/c1-7-14-28-19-11-9-18(10-12-19)21(25)13-8-17-15-20(24(2,3)4)23(27-6)22(16-17)26-5/h8-13,15-16H,7,14H2,1-6H3/b13-8+. The fraction of sp³-hybridized carbons (Fsp3) is 0.375. The van der Waals surface area contributed by atoms with Crippen molar-refractivity contribution in [3.63, 3.8) is 0 Å². The number of carbonyl (C=O) groups excluding carboxylic acids is 1. The van der Waals surface area contributed by atoms with Crippen molar-refractivity contribution in [3.05, 3.63) is 59.2 Å². The van der Waals surface area contributed by atoms with Gasteiger partial charge in [-0.25, -0.2) is 0 Å². The molecule has 0 saturated carbocycles. The molecule has 2 rings (SSSR count). The number of allylic oxidation sites excluding steroid dienone is 1. The number of hydrogen-bond donors (Lipinski definition) is 0. The molecule has 0 radical (unpaired) electrons. The summed E-state index contributed by atoms with van der Waals surface area (Å²) in [4.78, 5) is 12.5. The topological polar surface area (TPSA) is 44.8 Å². The van der Waals surface area contributed by atoms with Gasteiger partial charge in [-0.15, -0.1) is 0 Å². The summed E-state index contributed by atoms with van der Waals surface area (Å²) in [5.41, 5.74) is 2.41. The fourth-order valence-corrected chi connectivity index (χ4v) is 2.84. The van der Waals surface area contributed by atoms with Gasteiger partial charge in [0.1, 0.15) is 5.75 Å². The molecule has 0 heterocycles. The van der Waals surface area contributed by atoms with Crippen LogP contribution >= 0.6 is 0 Å². The molecule has 4 nitrogen and oxygen atoms in total. The third-order valence-electron chi connectivity index (χ3n) is 4.35. The van der Waals surface area contributed by atoms with Gasteiger partial charge in [-0.05, 0) is 59.9 Å². The lowest BCUT2D eigenvalue weighted by atomic mass is 9.85. The van der Waals surface area contributed by atoms with Crippen LogP contribution in [0.1, 0.15) is 55.6 Å². The molecule has 0 fully saturated rings. The van der Waals surface area contributed by atoms with Gasteiger partial charge in [0.25, 0.3) is 0 Å². The maximum atomic E-state index is 12.5. The Bertz CT molecular complexity index is 827. The van der Waals surface area contributed by atoms with Crippen molar-refractivity contribution in [1.29, 1.82) is 0 Å². The SMILES string of the molecule is CCCOc1ccc(C(=O)/C=C/c2cc(OC)c(OC)c(C(C)(C)C)c2)cc1. The summed E-state index contributed by atoms with van der Waals surface area (Å²) in [6.07, 6.45) is 4.34. The summed E-state index contributed by atoms with van der Waals surface area (Å²) in [7, 11) is 3.26. The van der Waals surface area contributed by atoms with E-state index >= 15 is 0 Å². The third-order valence-corrected chi connectivity index (χ3v) is 4.35. The minimum atomic E-state index is -0.124. The lowest BCUT2D eigenvalue weighted by Gasteiger charge is -2.24. The summed E-state index contributed by atoms with van der Waals surface area (Å²) in [6, 6.07) is 11.1. The molecule has 0 unspecified atom stereocenters. The van der Waals surface area contributed by atoms with Gasteiger partial charge >= 0.3 is 0 Å². The van der Waals surface area contributed by atoms with Crippen molar-refractivity contribution in [2.45, 2.75) is 39.5 Å². The Morgan fingerprint density at radius 3 is 2.25 bits per heavy atom. The second-order valence-corrected chi connectivity index (χ2v) is 7.62. The number of benzene rings is 2. The molecule has 0 aromatic heterocycles. The minimum absolute atomic E-state index is 0.0610. The molecular formula is C24H30O4. The van der Waals surface area contributed by atoms with Crippen LogP contribution in [-0.2, 0) is 5.41 Å². The van der Waals surface area contributed by atoms with Gasteiger partial charge in [0.05, 0.1) is 20.8 Å². The highest BCUT2D eigenvalue weighted by atomic mass is 16.5. The van der Waals surface area contributed by atoms with Gasteiger partial charge in [-0.2, -0.15) is 0 Å². The van der Waals surface area contributed by atoms with Crippen LogP contribution in [0.4, 0.5) is 0 Å². The molecule has 0 aliphatic heterocycles. The smallest absolute Gasteiger partial charge is 0.185 e. The number of carbonyl (C=O) groups is 1. The van der Waals surface area contributed by atoms with Gasteiger partial charge in [-0.1, -0.05) is 33.8 Å². The molecule has 0 atom stereocenters. The summed E-state index contributed by atoms with van der Waals surface area (Å²) in [5.74, 6) is 2.09. The second-order valence-electron chi connectivity index (χ2n) is 7.62. The Labute approximate surface area is 168 Å². The summed E-state index contributed by atoms with van der Waals surface area (Å²) < 4.78 is 16.6. The van der Waals surface area contributed by atoms with E-state index in [1.54, 1.807) is 38.5 Å². The van der Waals surface area contributed by atoms with E-state index < -0.39 is 0 Å². The lowest BCUT2D eigenvalue weighted by Crippen LogP contribution is -2.13. The largest absolute Gasteiger partial charge is 0.494 e. The molecule has 0 amide bonds. The van der Waals surface area contributed by atoms with Crippen LogP contribution in [0.5, 0.6) is 17.2 Å². The Hall–Kier alpha value is -2.75. The highest BCUT2D eigenvalue weighted by Gasteiger charge is 2.22. The highest BCUT2D eigenvalue weighted by molar-refractivity contribution is 6.06. The Kier molecular flexibility index (Phi) is 7.27. The number of ether oxygens (including phenoxy) is 3. The molecule has 0 aliphatic carbocycles. The van der Waals surface area contributed by atoms with E-state index in [1.165, 1.54) is 0 Å². The molecular weight excluding hydrogens is 352 g/mol. The quantitative estimate of drug-likeness (QED) is 0.435. The first-order chi connectivity index (χ1) is 13.3. The number of ketones is 1. The molecule has 4 heteroatoms. The van der Waals surface area contributed by atoms with Gasteiger partial charge in [-0.3, -0.25) is 4.79 Å². The van der Waals surface area contributed by atoms with Crippen LogP contribution in [0, 0.1) is 0 Å². The van der Waals surface area contributed by atoms with E-state index in [9.17, 15) is 4.79 Å². The Morgan fingerprint density at radius 2 is 1.71 bits per heavy atom. The zero-order chi connectivity index (χ0) is 20.7. The Morgan fingerprint density at radius 1 is 1.04 bits per heavy atom. The molecule has 2 aromatic carbocycles. The summed E-state index contributed by atoms with van der Waals surface area (Å²) in [5, 5.41) is 0. The molecule has 0 saturated heterocycles. The lowest BCUT2D eigenvalue weighted by molar-refractivity contribution is 0.104. The number of hydrogen-bond acceptors (Lipinski definition) is 4. The van der Waals surface area contributed by atoms with Crippen molar-refractivity contribution in [1.82, 2.24) is 0 Å². The predicted octanol–water partition coefficient (Wildman–Crippen LogP) is 5.69. The first-order valence-electron chi connectivity index (χ1n) is 9.52. The first kappa shape index (κ1) is 21.5. The van der Waals surface area contributed by atoms with Crippen molar-refractivity contribution in [2.75, 3.05) is 20.8 Å². The van der Waals surface area contributed by atoms with Crippen LogP contribution in [0.3, 0.4) is 0 Å². The Balaban J connectivity index is 2.26. The van der Waals surface area contributed by atoms with Crippen LogP contribution in [0.15, 0.2) is 42.5 Å². The molecule has 150 valence electrons. The van der Waals surface area contributed by atoms with Crippen LogP contribution in [-0.4, -0.2) is 26.6 Å². The molecule has 0 spiro atoms. The van der Waals surface area contributed by atoms with Crippen molar-refractivity contribution < 1.29 is 19.0 Å². The summed E-state index contributed by atoms with van der Waals surface area (Å²) >= 11 is 0. The molecule has 2 aromatic rings. The molecule has 0 aliphatic rings. The van der Waals surface area contributed by atoms with E-state index in [2.05, 4.69) is 27.7 Å². The monoisotopic (exact) mass is 382 g/mol. The average molecular weight is 383 g/mol. The van der Waals surface area contributed by atoms with E-state index in [1.807, 2.05) is 24.3 Å². The zero-order valence-electron chi connectivity index (χ0n) is 17.7. The fourth-order valence-electron chi connectivity index (χ4n) is 2.84. The maximum absolute atomic E-state index is 12.5. The number of methoxy groups -OCH3 is 2. The summed E-state index contributed by atoms with van der Waals surface area (Å²) in [6.45, 7) is 9.08. The normalized spacial score (nSPS) is 11.5. The second kappa shape index (κ2) is 9.45. The van der Waals surface area contributed by atoms with Crippen LogP contribution in [0.2, 0.25) is 0 Å². The predicted molar refractivity (Wildman–Crippen MR) is 114 cm³/mol. The van der Waals surface area contributed by atoms with Crippen molar-refractivity contribution in [2.24, 2.45) is 0 Å².